The van der Waals surface area contributed by atoms with Gasteiger partial charge in [-0.2, -0.15) is 0 Å². The third kappa shape index (κ3) is 4.51. The molecule has 1 amide bonds. The molecule has 1 atom stereocenters. The average Bonchev–Trinajstić information content (AvgIpc) is 3.07. The molecule has 3 aromatic rings. The summed E-state index contributed by atoms with van der Waals surface area (Å²) < 4.78 is 1.65. The highest BCUT2D eigenvalue weighted by Crippen LogP contribution is 2.34. The lowest BCUT2D eigenvalue weighted by molar-refractivity contribution is -0.115. The predicted octanol–water partition coefficient (Wildman–Crippen LogP) is 5.35. The fourth-order valence-electron chi connectivity index (χ4n) is 2.11. The summed E-state index contributed by atoms with van der Waals surface area (Å²) >= 11 is 19.3. The molecule has 1 aromatic heterocycles. The number of carbonyl (C=O) groups is 1. The first-order valence-corrected chi connectivity index (χ1v) is 9.54. The van der Waals surface area contributed by atoms with Crippen molar-refractivity contribution >= 4 is 58.2 Å². The molecule has 0 saturated carbocycles. The topological polar surface area (TPSA) is 59.8 Å². The van der Waals surface area contributed by atoms with Crippen molar-refractivity contribution in [1.82, 2.24) is 14.8 Å². The maximum absolute atomic E-state index is 12.4. The number of rotatable bonds is 5. The van der Waals surface area contributed by atoms with Crippen molar-refractivity contribution in [1.29, 1.82) is 0 Å². The van der Waals surface area contributed by atoms with E-state index in [1.807, 2.05) is 30.3 Å². The number of aromatic nitrogens is 3. The summed E-state index contributed by atoms with van der Waals surface area (Å²) in [5, 5.41) is 8.09. The zero-order valence-electron chi connectivity index (χ0n) is 13.5. The number of amides is 1. The van der Waals surface area contributed by atoms with Crippen LogP contribution in [0.15, 0.2) is 53.9 Å². The molecule has 0 spiro atoms. The average molecular weight is 428 g/mol. The standard InChI is InChI=1S/C17H13Cl3N4OS/c1-10(16(25)22-15-13(19)7-11(18)8-14(15)20)26-17-21-9-24(23-17)12-5-3-2-4-6-12/h2-10H,1H3,(H,22,25). The van der Waals surface area contributed by atoms with E-state index in [1.54, 1.807) is 17.9 Å². The highest BCUT2D eigenvalue weighted by Gasteiger charge is 2.19. The zero-order valence-corrected chi connectivity index (χ0v) is 16.6. The van der Waals surface area contributed by atoms with Gasteiger partial charge < -0.3 is 5.32 Å². The van der Waals surface area contributed by atoms with E-state index in [9.17, 15) is 4.79 Å². The Kier molecular flexibility index (Phi) is 6.09. The Morgan fingerprint density at radius 2 is 1.81 bits per heavy atom. The first-order valence-electron chi connectivity index (χ1n) is 7.53. The molecule has 3 rings (SSSR count). The third-order valence-corrected chi connectivity index (χ3v) is 5.18. The van der Waals surface area contributed by atoms with Gasteiger partial charge in [0, 0.05) is 5.02 Å². The van der Waals surface area contributed by atoms with Crippen LogP contribution in [0.25, 0.3) is 5.69 Å². The van der Waals surface area contributed by atoms with Crippen molar-refractivity contribution < 1.29 is 4.79 Å². The zero-order chi connectivity index (χ0) is 18.7. The number of thioether (sulfide) groups is 1. The molecule has 0 radical (unpaired) electrons. The van der Waals surface area contributed by atoms with Gasteiger partial charge in [0.1, 0.15) is 6.33 Å². The van der Waals surface area contributed by atoms with Gasteiger partial charge in [0.2, 0.25) is 11.1 Å². The van der Waals surface area contributed by atoms with Crippen LogP contribution in [0.4, 0.5) is 5.69 Å². The van der Waals surface area contributed by atoms with Crippen molar-refractivity contribution in [3.05, 3.63) is 63.9 Å². The second-order valence-electron chi connectivity index (χ2n) is 5.30. The summed E-state index contributed by atoms with van der Waals surface area (Å²) in [6.45, 7) is 1.75. The van der Waals surface area contributed by atoms with Crippen molar-refractivity contribution in [3.63, 3.8) is 0 Å². The number of para-hydroxylation sites is 1. The lowest BCUT2D eigenvalue weighted by Crippen LogP contribution is -2.23. The smallest absolute Gasteiger partial charge is 0.237 e. The highest BCUT2D eigenvalue weighted by molar-refractivity contribution is 8.00. The van der Waals surface area contributed by atoms with E-state index >= 15 is 0 Å². The number of anilines is 1. The first-order chi connectivity index (χ1) is 12.4. The molecule has 0 fully saturated rings. The van der Waals surface area contributed by atoms with Gasteiger partial charge in [0.05, 0.1) is 26.7 Å². The van der Waals surface area contributed by atoms with Gasteiger partial charge in [-0.05, 0) is 31.2 Å². The van der Waals surface area contributed by atoms with Crippen molar-refractivity contribution in [2.45, 2.75) is 17.3 Å². The second-order valence-corrected chi connectivity index (χ2v) is 7.86. The van der Waals surface area contributed by atoms with Gasteiger partial charge in [0.25, 0.3) is 0 Å². The van der Waals surface area contributed by atoms with Crippen LogP contribution in [0.3, 0.4) is 0 Å². The fraction of sp³-hybridized carbons (Fsp3) is 0.118. The lowest BCUT2D eigenvalue weighted by Gasteiger charge is -2.13. The summed E-state index contributed by atoms with van der Waals surface area (Å²) in [6.07, 6.45) is 1.61. The lowest BCUT2D eigenvalue weighted by atomic mass is 10.3. The summed E-state index contributed by atoms with van der Waals surface area (Å²) in [4.78, 5) is 16.7. The van der Waals surface area contributed by atoms with Crippen molar-refractivity contribution in [3.8, 4) is 5.69 Å². The van der Waals surface area contributed by atoms with Crippen LogP contribution in [0.1, 0.15) is 6.92 Å². The molecule has 0 aliphatic rings. The highest BCUT2D eigenvalue weighted by atomic mass is 35.5. The molecule has 5 nitrogen and oxygen atoms in total. The SMILES string of the molecule is CC(Sc1ncn(-c2ccccc2)n1)C(=O)Nc1c(Cl)cc(Cl)cc1Cl. The number of nitrogens with zero attached hydrogens (tertiary/aromatic N) is 3. The molecule has 0 aliphatic carbocycles. The molecular weight excluding hydrogens is 415 g/mol. The molecule has 26 heavy (non-hydrogen) atoms. The number of carbonyl (C=O) groups excluding carboxylic acids is 1. The van der Waals surface area contributed by atoms with Gasteiger partial charge >= 0.3 is 0 Å². The predicted molar refractivity (Wildman–Crippen MR) is 107 cm³/mol. The molecule has 134 valence electrons. The number of nitrogens with one attached hydrogen (secondary N) is 1. The molecule has 0 bridgehead atoms. The number of hydrogen-bond donors (Lipinski definition) is 1. The second kappa shape index (κ2) is 8.31. The van der Waals surface area contributed by atoms with E-state index in [0.29, 0.717) is 15.9 Å². The first kappa shape index (κ1) is 19.0. The third-order valence-electron chi connectivity index (χ3n) is 3.40. The minimum atomic E-state index is -0.454. The van der Waals surface area contributed by atoms with Crippen LogP contribution in [-0.4, -0.2) is 25.9 Å². The molecule has 1 unspecified atom stereocenters. The van der Waals surface area contributed by atoms with E-state index in [1.165, 1.54) is 23.9 Å². The van der Waals surface area contributed by atoms with Crippen LogP contribution in [0.5, 0.6) is 0 Å². The largest absolute Gasteiger partial charge is 0.323 e. The molecule has 1 N–H and O–H groups in total. The Morgan fingerprint density at radius 3 is 2.46 bits per heavy atom. The number of hydrogen-bond acceptors (Lipinski definition) is 4. The molecule has 0 aliphatic heterocycles. The number of benzene rings is 2. The van der Waals surface area contributed by atoms with E-state index in [4.69, 9.17) is 34.8 Å². The Hall–Kier alpha value is -1.73. The summed E-state index contributed by atoms with van der Waals surface area (Å²) in [6, 6.07) is 12.6. The van der Waals surface area contributed by atoms with Crippen LogP contribution in [0.2, 0.25) is 15.1 Å². The van der Waals surface area contributed by atoms with Crippen molar-refractivity contribution in [2.24, 2.45) is 0 Å². The Bertz CT molecular complexity index is 910. The maximum Gasteiger partial charge on any atom is 0.237 e. The van der Waals surface area contributed by atoms with E-state index in [-0.39, 0.29) is 16.0 Å². The van der Waals surface area contributed by atoms with E-state index < -0.39 is 5.25 Å². The van der Waals surface area contributed by atoms with Gasteiger partial charge in [-0.15, -0.1) is 5.10 Å². The molecule has 1 heterocycles. The monoisotopic (exact) mass is 426 g/mol. The van der Waals surface area contributed by atoms with Gasteiger partial charge in [0.15, 0.2) is 0 Å². The minimum Gasteiger partial charge on any atom is -0.323 e. The normalized spacial score (nSPS) is 12.0. The van der Waals surface area contributed by atoms with E-state index in [0.717, 1.165) is 5.69 Å². The molecular formula is C17H13Cl3N4OS. The van der Waals surface area contributed by atoms with Crippen molar-refractivity contribution in [2.75, 3.05) is 5.32 Å². The van der Waals surface area contributed by atoms with Crippen LogP contribution in [0, 0.1) is 0 Å². The minimum absolute atomic E-state index is 0.266. The van der Waals surface area contributed by atoms with E-state index in [2.05, 4.69) is 15.4 Å². The van der Waals surface area contributed by atoms with Crippen LogP contribution < -0.4 is 5.32 Å². The van der Waals surface area contributed by atoms with Crippen LogP contribution >= 0.6 is 46.6 Å². The van der Waals surface area contributed by atoms with Gasteiger partial charge in [-0.25, -0.2) is 9.67 Å². The fourth-order valence-corrected chi connectivity index (χ4v) is 3.74. The summed E-state index contributed by atoms with van der Waals surface area (Å²) in [5.74, 6) is -0.266. The Balaban J connectivity index is 1.68. The Labute approximate surface area is 169 Å². The molecule has 0 saturated heterocycles. The summed E-state index contributed by atoms with van der Waals surface area (Å²) in [5.41, 5.74) is 1.22. The quantitative estimate of drug-likeness (QED) is 0.558. The number of halogens is 3. The maximum atomic E-state index is 12.4. The van der Waals surface area contributed by atoms with Crippen LogP contribution in [-0.2, 0) is 4.79 Å². The molecule has 9 heteroatoms. The Morgan fingerprint density at radius 1 is 1.15 bits per heavy atom. The molecule has 2 aromatic carbocycles. The van der Waals surface area contributed by atoms with Gasteiger partial charge in [-0.1, -0.05) is 64.8 Å². The summed E-state index contributed by atoms with van der Waals surface area (Å²) in [7, 11) is 0. The van der Waals surface area contributed by atoms with Gasteiger partial charge in [-0.3, -0.25) is 4.79 Å².